The summed E-state index contributed by atoms with van der Waals surface area (Å²) in [6.45, 7) is 2.83. The molecule has 1 amide bonds. The topological polar surface area (TPSA) is 67.7 Å². The van der Waals surface area contributed by atoms with Crippen LogP contribution in [0.5, 0.6) is 0 Å². The van der Waals surface area contributed by atoms with Gasteiger partial charge in [0, 0.05) is 44.5 Å². The summed E-state index contributed by atoms with van der Waals surface area (Å²) in [6.07, 6.45) is 4.16. The number of carbonyl (C=O) groups is 1. The standard InChI is InChI=1S/C12H18N4O2S/c1-18-6-4-13-2-3-14-11(17)8-10-9-16-5-7-19-12(16)15-10/h5,7,9,13H,2-4,6,8H2,1H3,(H,14,17). The number of nitrogens with zero attached hydrogens (tertiary/aromatic N) is 2. The Morgan fingerprint density at radius 3 is 3.16 bits per heavy atom. The van der Waals surface area contributed by atoms with E-state index in [0.717, 1.165) is 23.7 Å². The van der Waals surface area contributed by atoms with E-state index < -0.39 is 0 Å². The molecule has 7 heteroatoms. The number of aromatic nitrogens is 2. The van der Waals surface area contributed by atoms with Crippen LogP contribution in [0.25, 0.3) is 4.96 Å². The highest BCUT2D eigenvalue weighted by molar-refractivity contribution is 7.15. The largest absolute Gasteiger partial charge is 0.383 e. The lowest BCUT2D eigenvalue weighted by Crippen LogP contribution is -2.33. The average molecular weight is 282 g/mol. The second-order valence-corrected chi connectivity index (χ2v) is 4.97. The van der Waals surface area contributed by atoms with Crippen LogP contribution in [0, 0.1) is 0 Å². The van der Waals surface area contributed by atoms with E-state index in [1.165, 1.54) is 0 Å². The molecule has 0 spiro atoms. The predicted octanol–water partition coefficient (Wildman–Crippen LogP) is 0.290. The summed E-state index contributed by atoms with van der Waals surface area (Å²) in [7, 11) is 1.67. The van der Waals surface area contributed by atoms with Gasteiger partial charge in [-0.3, -0.25) is 9.20 Å². The third-order valence-corrected chi connectivity index (χ3v) is 3.36. The number of amides is 1. The maximum absolute atomic E-state index is 11.7. The van der Waals surface area contributed by atoms with Crippen molar-refractivity contribution < 1.29 is 9.53 Å². The number of imidazole rings is 1. The van der Waals surface area contributed by atoms with Gasteiger partial charge in [0.1, 0.15) is 0 Å². The van der Waals surface area contributed by atoms with Crippen LogP contribution < -0.4 is 10.6 Å². The number of hydrogen-bond acceptors (Lipinski definition) is 5. The molecule has 2 aromatic rings. The second-order valence-electron chi connectivity index (χ2n) is 4.09. The van der Waals surface area contributed by atoms with E-state index in [-0.39, 0.29) is 5.91 Å². The lowest BCUT2D eigenvalue weighted by Gasteiger charge is -2.05. The molecule has 0 aliphatic rings. The predicted molar refractivity (Wildman–Crippen MR) is 74.5 cm³/mol. The summed E-state index contributed by atoms with van der Waals surface area (Å²) in [4.78, 5) is 17.0. The van der Waals surface area contributed by atoms with Crippen molar-refractivity contribution in [2.75, 3.05) is 33.4 Å². The van der Waals surface area contributed by atoms with Crippen molar-refractivity contribution in [2.45, 2.75) is 6.42 Å². The number of methoxy groups -OCH3 is 1. The van der Waals surface area contributed by atoms with Crippen LogP contribution in [-0.2, 0) is 16.0 Å². The van der Waals surface area contributed by atoms with Gasteiger partial charge in [-0.25, -0.2) is 4.98 Å². The third-order valence-electron chi connectivity index (χ3n) is 2.59. The van der Waals surface area contributed by atoms with E-state index in [2.05, 4.69) is 15.6 Å². The molecule has 0 unspecified atom stereocenters. The van der Waals surface area contributed by atoms with Crippen LogP contribution in [0.4, 0.5) is 0 Å². The number of nitrogens with one attached hydrogen (secondary N) is 2. The quantitative estimate of drug-likeness (QED) is 0.683. The molecule has 0 aliphatic carbocycles. The smallest absolute Gasteiger partial charge is 0.226 e. The first-order chi connectivity index (χ1) is 9.29. The zero-order valence-corrected chi connectivity index (χ0v) is 11.7. The Labute approximate surface area is 115 Å². The Kier molecular flexibility index (Phi) is 5.31. The summed E-state index contributed by atoms with van der Waals surface area (Å²) in [6, 6.07) is 0. The average Bonchev–Trinajstić information content (AvgIpc) is 2.94. The molecule has 2 aromatic heterocycles. The summed E-state index contributed by atoms with van der Waals surface area (Å²) in [5.74, 6) is -0.000653. The minimum absolute atomic E-state index is 0.000653. The number of hydrogen-bond donors (Lipinski definition) is 2. The second kappa shape index (κ2) is 7.22. The molecular weight excluding hydrogens is 264 g/mol. The summed E-state index contributed by atoms with van der Waals surface area (Å²) < 4.78 is 6.84. The number of carbonyl (C=O) groups excluding carboxylic acids is 1. The van der Waals surface area contributed by atoms with Crippen LogP contribution in [0.1, 0.15) is 5.69 Å². The molecule has 0 aromatic carbocycles. The van der Waals surface area contributed by atoms with Crippen molar-refractivity contribution in [1.82, 2.24) is 20.0 Å². The Morgan fingerprint density at radius 2 is 2.37 bits per heavy atom. The van der Waals surface area contributed by atoms with Gasteiger partial charge in [0.25, 0.3) is 0 Å². The summed E-state index contributed by atoms with van der Waals surface area (Å²) in [5, 5.41) is 7.99. The minimum atomic E-state index is -0.000653. The van der Waals surface area contributed by atoms with Gasteiger partial charge in [-0.1, -0.05) is 0 Å². The van der Waals surface area contributed by atoms with Crippen LogP contribution in [0.3, 0.4) is 0 Å². The van der Waals surface area contributed by atoms with Gasteiger partial charge >= 0.3 is 0 Å². The molecule has 0 saturated heterocycles. The van der Waals surface area contributed by atoms with Crippen LogP contribution in [0.15, 0.2) is 17.8 Å². The lowest BCUT2D eigenvalue weighted by atomic mass is 10.3. The van der Waals surface area contributed by atoms with Gasteiger partial charge in [-0.05, 0) is 0 Å². The maximum Gasteiger partial charge on any atom is 0.226 e. The fourth-order valence-electron chi connectivity index (χ4n) is 1.68. The third kappa shape index (κ3) is 4.30. The normalized spacial score (nSPS) is 11.0. The highest BCUT2D eigenvalue weighted by Gasteiger charge is 2.07. The molecule has 2 N–H and O–H groups in total. The van der Waals surface area contributed by atoms with Crippen molar-refractivity contribution >= 4 is 22.2 Å². The van der Waals surface area contributed by atoms with Crippen molar-refractivity contribution in [3.05, 3.63) is 23.5 Å². The Bertz CT molecular complexity index is 494. The molecule has 0 fully saturated rings. The molecule has 19 heavy (non-hydrogen) atoms. The van der Waals surface area contributed by atoms with Crippen LogP contribution in [-0.4, -0.2) is 48.6 Å². The van der Waals surface area contributed by atoms with Gasteiger partial charge in [0.2, 0.25) is 5.91 Å². The molecule has 0 radical (unpaired) electrons. The zero-order valence-electron chi connectivity index (χ0n) is 10.9. The highest BCUT2D eigenvalue weighted by Crippen LogP contribution is 2.11. The van der Waals surface area contributed by atoms with E-state index in [4.69, 9.17) is 4.74 Å². The SMILES string of the molecule is COCCNCCNC(=O)Cc1cn2ccsc2n1. The van der Waals surface area contributed by atoms with Crippen molar-refractivity contribution in [3.63, 3.8) is 0 Å². The van der Waals surface area contributed by atoms with E-state index in [1.54, 1.807) is 18.4 Å². The van der Waals surface area contributed by atoms with E-state index >= 15 is 0 Å². The Morgan fingerprint density at radius 1 is 1.47 bits per heavy atom. The van der Waals surface area contributed by atoms with Gasteiger partial charge in [0.15, 0.2) is 4.96 Å². The molecular formula is C12H18N4O2S. The Balaban J connectivity index is 1.65. The first-order valence-electron chi connectivity index (χ1n) is 6.17. The number of ether oxygens (including phenoxy) is 1. The fraction of sp³-hybridized carbons (Fsp3) is 0.500. The van der Waals surface area contributed by atoms with Gasteiger partial charge in [-0.15, -0.1) is 11.3 Å². The monoisotopic (exact) mass is 282 g/mol. The molecule has 2 rings (SSSR count). The van der Waals surface area contributed by atoms with E-state index in [0.29, 0.717) is 19.6 Å². The number of fused-ring (bicyclic) bond motifs is 1. The molecule has 0 saturated carbocycles. The number of rotatable bonds is 8. The first-order valence-corrected chi connectivity index (χ1v) is 7.05. The van der Waals surface area contributed by atoms with Gasteiger partial charge in [-0.2, -0.15) is 0 Å². The minimum Gasteiger partial charge on any atom is -0.383 e. The van der Waals surface area contributed by atoms with E-state index in [1.807, 2.05) is 22.2 Å². The Hall–Kier alpha value is -1.44. The molecule has 6 nitrogen and oxygen atoms in total. The van der Waals surface area contributed by atoms with Crippen molar-refractivity contribution in [3.8, 4) is 0 Å². The van der Waals surface area contributed by atoms with Gasteiger partial charge < -0.3 is 15.4 Å². The lowest BCUT2D eigenvalue weighted by molar-refractivity contribution is -0.120. The van der Waals surface area contributed by atoms with E-state index in [9.17, 15) is 4.79 Å². The molecule has 0 aliphatic heterocycles. The van der Waals surface area contributed by atoms with Crippen molar-refractivity contribution in [1.29, 1.82) is 0 Å². The molecule has 104 valence electrons. The molecule has 0 atom stereocenters. The highest BCUT2D eigenvalue weighted by atomic mass is 32.1. The van der Waals surface area contributed by atoms with Gasteiger partial charge in [0.05, 0.1) is 18.7 Å². The summed E-state index contributed by atoms with van der Waals surface area (Å²) >= 11 is 1.56. The van der Waals surface area contributed by atoms with Crippen LogP contribution in [0.2, 0.25) is 0 Å². The zero-order chi connectivity index (χ0) is 13.5. The van der Waals surface area contributed by atoms with Crippen LogP contribution >= 0.6 is 11.3 Å². The summed E-state index contributed by atoms with van der Waals surface area (Å²) in [5.41, 5.74) is 0.802. The first kappa shape index (κ1) is 14.0. The fourth-order valence-corrected chi connectivity index (χ4v) is 2.40. The maximum atomic E-state index is 11.7. The number of thiazole rings is 1. The van der Waals surface area contributed by atoms with Crippen molar-refractivity contribution in [2.24, 2.45) is 0 Å². The molecule has 0 bridgehead atoms. The molecule has 2 heterocycles.